The van der Waals surface area contributed by atoms with Crippen molar-refractivity contribution in [2.75, 3.05) is 0 Å². The summed E-state index contributed by atoms with van der Waals surface area (Å²) in [5.41, 5.74) is 0.955. The molecule has 0 spiro atoms. The Bertz CT molecular complexity index is 1090. The largest absolute Gasteiger partial charge is 0.457 e. The molecule has 1 aromatic heterocycles. The van der Waals surface area contributed by atoms with E-state index in [2.05, 4.69) is 0 Å². The predicted octanol–water partition coefficient (Wildman–Crippen LogP) is 5.46. The number of carbonyl (C=O) groups excluding carboxylic acids is 2. The second-order valence-electron chi connectivity index (χ2n) is 6.08. The van der Waals surface area contributed by atoms with E-state index in [-0.39, 0.29) is 28.0 Å². The van der Waals surface area contributed by atoms with Gasteiger partial charge in [-0.3, -0.25) is 14.5 Å². The molecule has 0 aliphatic carbocycles. The third-order valence-corrected chi connectivity index (χ3v) is 5.06. The number of thioether (sulfide) groups is 1. The van der Waals surface area contributed by atoms with E-state index >= 15 is 0 Å². The van der Waals surface area contributed by atoms with Crippen molar-refractivity contribution in [3.05, 3.63) is 88.5 Å². The van der Waals surface area contributed by atoms with E-state index in [9.17, 15) is 18.4 Å². The molecule has 4 rings (SSSR count). The third-order valence-electron chi connectivity index (χ3n) is 4.15. The van der Waals surface area contributed by atoms with Gasteiger partial charge in [-0.05, 0) is 41.6 Å². The maximum atomic E-state index is 13.9. The molecule has 3 aromatic rings. The van der Waals surface area contributed by atoms with E-state index in [0.29, 0.717) is 5.76 Å². The van der Waals surface area contributed by atoms with Crippen LogP contribution in [0.5, 0.6) is 0 Å². The number of hydrogen-bond acceptors (Lipinski definition) is 4. The van der Waals surface area contributed by atoms with Crippen LogP contribution >= 0.6 is 11.8 Å². The average molecular weight is 397 g/mol. The van der Waals surface area contributed by atoms with Crippen molar-refractivity contribution in [3.63, 3.8) is 0 Å². The Balaban J connectivity index is 1.56. The monoisotopic (exact) mass is 397 g/mol. The van der Waals surface area contributed by atoms with Crippen LogP contribution in [0.3, 0.4) is 0 Å². The highest BCUT2D eigenvalue weighted by Gasteiger charge is 2.35. The lowest BCUT2D eigenvalue weighted by Crippen LogP contribution is -2.27. The van der Waals surface area contributed by atoms with Gasteiger partial charge in [0.25, 0.3) is 11.1 Å². The molecule has 0 N–H and O–H groups in total. The summed E-state index contributed by atoms with van der Waals surface area (Å²) >= 11 is 0.821. The van der Waals surface area contributed by atoms with Crippen LogP contribution in [0, 0.1) is 11.6 Å². The Kier molecular flexibility index (Phi) is 4.83. The molecule has 0 radical (unpaired) electrons. The van der Waals surface area contributed by atoms with Crippen molar-refractivity contribution in [1.82, 2.24) is 4.90 Å². The van der Waals surface area contributed by atoms with Crippen molar-refractivity contribution >= 4 is 29.0 Å². The van der Waals surface area contributed by atoms with Crippen LogP contribution in [0.15, 0.2) is 70.0 Å². The van der Waals surface area contributed by atoms with Crippen molar-refractivity contribution in [1.29, 1.82) is 0 Å². The summed E-state index contributed by atoms with van der Waals surface area (Å²) in [7, 11) is 0. The highest BCUT2D eigenvalue weighted by Crippen LogP contribution is 2.34. The number of rotatable bonds is 4. The van der Waals surface area contributed by atoms with E-state index in [1.165, 1.54) is 18.2 Å². The first kappa shape index (κ1) is 18.2. The number of hydrogen-bond donors (Lipinski definition) is 0. The second kappa shape index (κ2) is 7.44. The van der Waals surface area contributed by atoms with E-state index in [1.807, 2.05) is 30.3 Å². The topological polar surface area (TPSA) is 50.5 Å². The predicted molar refractivity (Wildman–Crippen MR) is 102 cm³/mol. The van der Waals surface area contributed by atoms with Gasteiger partial charge in [0.15, 0.2) is 0 Å². The molecular weight excluding hydrogens is 384 g/mol. The molecule has 140 valence electrons. The van der Waals surface area contributed by atoms with Crippen LogP contribution in [0.4, 0.5) is 13.6 Å². The fourth-order valence-electron chi connectivity index (χ4n) is 2.80. The minimum absolute atomic E-state index is 0.109. The molecule has 0 saturated carbocycles. The Morgan fingerprint density at radius 3 is 2.54 bits per heavy atom. The summed E-state index contributed by atoms with van der Waals surface area (Å²) in [4.78, 5) is 26.2. The first-order valence-electron chi connectivity index (χ1n) is 8.36. The van der Waals surface area contributed by atoms with Gasteiger partial charge in [-0.15, -0.1) is 0 Å². The van der Waals surface area contributed by atoms with Gasteiger partial charge < -0.3 is 4.42 Å². The molecule has 0 bridgehead atoms. The molecule has 28 heavy (non-hydrogen) atoms. The third kappa shape index (κ3) is 3.61. The van der Waals surface area contributed by atoms with Crippen LogP contribution in [0.25, 0.3) is 17.4 Å². The smallest absolute Gasteiger partial charge is 0.293 e. The number of nitrogens with zero attached hydrogens (tertiary/aromatic N) is 1. The minimum Gasteiger partial charge on any atom is -0.457 e. The molecule has 2 amide bonds. The highest BCUT2D eigenvalue weighted by molar-refractivity contribution is 8.18. The average Bonchev–Trinajstić information content (AvgIpc) is 3.23. The number of benzene rings is 2. The van der Waals surface area contributed by atoms with E-state index < -0.39 is 17.5 Å². The molecule has 0 unspecified atom stereocenters. The molecule has 1 aliphatic rings. The molecule has 2 aromatic carbocycles. The van der Waals surface area contributed by atoms with E-state index in [4.69, 9.17) is 4.42 Å². The van der Waals surface area contributed by atoms with Crippen LogP contribution < -0.4 is 0 Å². The molecule has 1 saturated heterocycles. The zero-order valence-electron chi connectivity index (χ0n) is 14.4. The lowest BCUT2D eigenvalue weighted by Gasteiger charge is -2.11. The fraction of sp³-hybridized carbons (Fsp3) is 0.0476. The first-order valence-corrected chi connectivity index (χ1v) is 9.17. The number of halogens is 2. The van der Waals surface area contributed by atoms with E-state index in [0.717, 1.165) is 34.4 Å². The molecule has 2 heterocycles. The van der Waals surface area contributed by atoms with Gasteiger partial charge in [-0.1, -0.05) is 30.3 Å². The normalized spacial score (nSPS) is 15.6. The van der Waals surface area contributed by atoms with Gasteiger partial charge in [-0.25, -0.2) is 8.78 Å². The van der Waals surface area contributed by atoms with Gasteiger partial charge >= 0.3 is 0 Å². The van der Waals surface area contributed by atoms with Gasteiger partial charge in [-0.2, -0.15) is 0 Å². The fourth-order valence-corrected chi connectivity index (χ4v) is 3.61. The number of carbonyl (C=O) groups is 2. The van der Waals surface area contributed by atoms with Crippen LogP contribution in [0.2, 0.25) is 0 Å². The standard InChI is InChI=1S/C21H13F2NO3S/c22-14-6-8-16(17(23)10-14)18-9-7-15(27-18)11-19-20(25)24(21(26)28-19)12-13-4-2-1-3-5-13/h1-11H,12H2/b19-11+. The van der Waals surface area contributed by atoms with Crippen molar-refractivity contribution in [3.8, 4) is 11.3 Å². The molecular formula is C21H13F2NO3S. The van der Waals surface area contributed by atoms with Crippen LogP contribution in [-0.4, -0.2) is 16.0 Å². The highest BCUT2D eigenvalue weighted by atomic mass is 32.2. The molecule has 1 aliphatic heterocycles. The maximum Gasteiger partial charge on any atom is 0.293 e. The van der Waals surface area contributed by atoms with Gasteiger partial charge in [0.2, 0.25) is 0 Å². The Morgan fingerprint density at radius 1 is 1.00 bits per heavy atom. The van der Waals surface area contributed by atoms with E-state index in [1.54, 1.807) is 6.07 Å². The van der Waals surface area contributed by atoms with Gasteiger partial charge in [0.05, 0.1) is 17.0 Å². The summed E-state index contributed by atoms with van der Waals surface area (Å²) in [6.07, 6.45) is 1.45. The SMILES string of the molecule is O=C1S/C(=C/c2ccc(-c3ccc(F)cc3F)o2)C(=O)N1Cc1ccccc1. The number of furan rings is 1. The lowest BCUT2D eigenvalue weighted by molar-refractivity contribution is -0.123. The summed E-state index contributed by atoms with van der Waals surface area (Å²) in [6.45, 7) is 0.188. The summed E-state index contributed by atoms with van der Waals surface area (Å²) in [5.74, 6) is -1.34. The Morgan fingerprint density at radius 2 is 1.79 bits per heavy atom. The summed E-state index contributed by atoms with van der Waals surface area (Å²) < 4.78 is 32.5. The van der Waals surface area contributed by atoms with Gasteiger partial charge in [0.1, 0.15) is 23.2 Å². The van der Waals surface area contributed by atoms with Gasteiger partial charge in [0, 0.05) is 12.1 Å². The zero-order chi connectivity index (χ0) is 19.7. The Labute approximate surface area is 163 Å². The lowest BCUT2D eigenvalue weighted by atomic mass is 10.1. The molecule has 7 heteroatoms. The first-order chi connectivity index (χ1) is 13.5. The zero-order valence-corrected chi connectivity index (χ0v) is 15.2. The van der Waals surface area contributed by atoms with Crippen LogP contribution in [-0.2, 0) is 11.3 Å². The maximum absolute atomic E-state index is 13.9. The Hall–Kier alpha value is -3.19. The summed E-state index contributed by atoms with van der Waals surface area (Å²) in [5, 5.41) is -0.364. The molecule has 4 nitrogen and oxygen atoms in total. The minimum atomic E-state index is -0.746. The van der Waals surface area contributed by atoms with Crippen molar-refractivity contribution in [2.45, 2.75) is 6.54 Å². The molecule has 0 atom stereocenters. The summed E-state index contributed by atoms with van der Waals surface area (Å²) in [6, 6.07) is 15.5. The number of imide groups is 1. The second-order valence-corrected chi connectivity index (χ2v) is 7.07. The molecule has 1 fully saturated rings. The number of amides is 2. The quantitative estimate of drug-likeness (QED) is 0.549. The van der Waals surface area contributed by atoms with Crippen LogP contribution in [0.1, 0.15) is 11.3 Å². The van der Waals surface area contributed by atoms with Crippen molar-refractivity contribution < 1.29 is 22.8 Å². The van der Waals surface area contributed by atoms with Crippen molar-refractivity contribution in [2.24, 2.45) is 0 Å².